The zero-order valence-electron chi connectivity index (χ0n) is 18.4. The van der Waals surface area contributed by atoms with E-state index < -0.39 is 32.5 Å². The number of ether oxygens (including phenoxy) is 1. The number of sulfone groups is 1. The number of carbonyl (C=O) groups excluding carboxylic acids is 1. The molecule has 0 unspecified atom stereocenters. The Morgan fingerprint density at radius 3 is 2.64 bits per heavy atom. The van der Waals surface area contributed by atoms with Gasteiger partial charge in [-0.3, -0.25) is 9.59 Å². The smallest absolute Gasteiger partial charge is 0.253 e. The number of aryl methyl sites for hydroxylation is 1. The third-order valence-electron chi connectivity index (χ3n) is 6.50. The normalized spacial score (nSPS) is 19.0. The molecule has 11 heteroatoms. The fourth-order valence-electron chi connectivity index (χ4n) is 4.84. The molecule has 33 heavy (non-hydrogen) atoms. The third-order valence-corrected chi connectivity index (χ3v) is 9.83. The summed E-state index contributed by atoms with van der Waals surface area (Å²) in [7, 11) is -3.83. The highest BCUT2D eigenvalue weighted by molar-refractivity contribution is 7.92. The molecule has 1 aliphatic carbocycles. The third kappa shape index (κ3) is 5.50. The highest BCUT2D eigenvalue weighted by Gasteiger charge is 2.38. The van der Waals surface area contributed by atoms with Gasteiger partial charge in [-0.2, -0.15) is 0 Å². The molecule has 180 valence electrons. The first-order valence-electron chi connectivity index (χ1n) is 11.2. The first-order valence-corrected chi connectivity index (χ1v) is 14.0. The zero-order chi connectivity index (χ0) is 23.6. The molecule has 1 amide bonds. The van der Waals surface area contributed by atoms with Gasteiger partial charge >= 0.3 is 0 Å². The minimum atomic E-state index is -3.83. The van der Waals surface area contributed by atoms with Gasteiger partial charge in [0.1, 0.15) is 4.34 Å². The summed E-state index contributed by atoms with van der Waals surface area (Å²) in [6, 6.07) is 1.50. The minimum absolute atomic E-state index is 0.0270. The molecule has 2 aliphatic rings. The fourth-order valence-corrected chi connectivity index (χ4v) is 7.71. The second-order valence-corrected chi connectivity index (χ2v) is 12.7. The van der Waals surface area contributed by atoms with Crippen molar-refractivity contribution in [3.05, 3.63) is 38.2 Å². The number of amides is 1. The Bertz CT molecular complexity index is 1160. The number of H-pyrrole nitrogens is 1. The van der Waals surface area contributed by atoms with Crippen LogP contribution < -0.4 is 10.9 Å². The van der Waals surface area contributed by atoms with Crippen LogP contribution in [0.3, 0.4) is 0 Å². The molecular weight excluding hydrogens is 486 g/mol. The van der Waals surface area contributed by atoms with Gasteiger partial charge in [-0.05, 0) is 38.2 Å². The molecule has 0 spiro atoms. The van der Waals surface area contributed by atoms with Crippen LogP contribution >= 0.6 is 22.9 Å². The van der Waals surface area contributed by atoms with Gasteiger partial charge in [0, 0.05) is 24.5 Å². The van der Waals surface area contributed by atoms with E-state index in [0.717, 1.165) is 37.0 Å². The molecule has 1 saturated heterocycles. The number of hydrogen-bond donors (Lipinski definition) is 2. The highest BCUT2D eigenvalue weighted by atomic mass is 35.5. The van der Waals surface area contributed by atoms with Gasteiger partial charge in [0.15, 0.2) is 15.0 Å². The summed E-state index contributed by atoms with van der Waals surface area (Å²) in [5.74, 6) is -1.10. The second kappa shape index (κ2) is 10.2. The van der Waals surface area contributed by atoms with Crippen LogP contribution in [0.1, 0.15) is 62.1 Å². The molecule has 4 rings (SSSR count). The van der Waals surface area contributed by atoms with Gasteiger partial charge in [0.05, 0.1) is 22.3 Å². The highest BCUT2D eigenvalue weighted by Crippen LogP contribution is 2.37. The monoisotopic (exact) mass is 513 g/mol. The summed E-state index contributed by atoms with van der Waals surface area (Å²) < 4.78 is 33.1. The van der Waals surface area contributed by atoms with Crippen LogP contribution in [0.4, 0.5) is 5.13 Å². The van der Waals surface area contributed by atoms with Crippen molar-refractivity contribution in [2.24, 2.45) is 5.92 Å². The molecule has 1 aliphatic heterocycles. The lowest BCUT2D eigenvalue weighted by molar-refractivity contribution is -0.118. The summed E-state index contributed by atoms with van der Waals surface area (Å²) in [4.78, 5) is 33.4. The SMILES string of the molecule is Cc1cc(S(=O)(=O)C2CCOCC2)c([C@@H](CC2CCCC2)C(=O)Nc2ncc(Cl)s2)c(=O)[nH]1. The average Bonchev–Trinajstić information content (AvgIpc) is 3.44. The number of rotatable bonds is 7. The van der Waals surface area contributed by atoms with E-state index in [0.29, 0.717) is 47.6 Å². The summed E-state index contributed by atoms with van der Waals surface area (Å²) in [6.45, 7) is 2.37. The van der Waals surface area contributed by atoms with Crippen molar-refractivity contribution in [1.29, 1.82) is 0 Å². The van der Waals surface area contributed by atoms with Gasteiger partial charge in [-0.25, -0.2) is 13.4 Å². The molecule has 0 radical (unpaired) electrons. The van der Waals surface area contributed by atoms with Crippen LogP contribution in [0.5, 0.6) is 0 Å². The summed E-state index contributed by atoms with van der Waals surface area (Å²) in [6.07, 6.45) is 6.63. The van der Waals surface area contributed by atoms with Gasteiger partial charge in [0.25, 0.3) is 5.56 Å². The second-order valence-electron chi connectivity index (χ2n) is 8.81. The molecule has 1 atom stereocenters. The van der Waals surface area contributed by atoms with E-state index >= 15 is 0 Å². The largest absolute Gasteiger partial charge is 0.381 e. The Morgan fingerprint density at radius 1 is 1.30 bits per heavy atom. The number of hydrogen-bond acceptors (Lipinski definition) is 7. The number of aromatic nitrogens is 2. The Morgan fingerprint density at radius 2 is 2.00 bits per heavy atom. The lowest BCUT2D eigenvalue weighted by Gasteiger charge is -2.26. The van der Waals surface area contributed by atoms with E-state index in [1.54, 1.807) is 6.92 Å². The van der Waals surface area contributed by atoms with E-state index in [4.69, 9.17) is 16.3 Å². The van der Waals surface area contributed by atoms with Crippen molar-refractivity contribution in [2.45, 2.75) is 67.9 Å². The quantitative estimate of drug-likeness (QED) is 0.576. The predicted molar refractivity (Wildman–Crippen MR) is 128 cm³/mol. The number of carbonyl (C=O) groups is 1. The van der Waals surface area contributed by atoms with E-state index in [-0.39, 0.29) is 16.4 Å². The Labute approximate surface area is 202 Å². The molecule has 3 heterocycles. The number of anilines is 1. The number of nitrogens with one attached hydrogen (secondary N) is 2. The standard InChI is InChI=1S/C22H28ClN3O5S2/c1-13-10-17(33(29,30)15-6-8-31-9-7-15)19(21(28)25-13)16(11-14-4-2-3-5-14)20(27)26-22-24-12-18(23)32-22/h10,12,14-16H,2-9,11H2,1H3,(H,25,28)(H,24,26,27)/t16-/m1/s1. The topological polar surface area (TPSA) is 118 Å². The van der Waals surface area contributed by atoms with Crippen LogP contribution in [-0.4, -0.2) is 42.8 Å². The van der Waals surface area contributed by atoms with Gasteiger partial charge in [-0.15, -0.1) is 0 Å². The summed E-state index contributed by atoms with van der Waals surface area (Å²) >= 11 is 7.07. The number of thiazole rings is 1. The summed E-state index contributed by atoms with van der Waals surface area (Å²) in [5.41, 5.74) is -0.0591. The molecule has 2 aromatic heterocycles. The lowest BCUT2D eigenvalue weighted by atomic mass is 9.87. The molecule has 0 bridgehead atoms. The van der Waals surface area contributed by atoms with Gasteiger partial charge < -0.3 is 15.0 Å². The van der Waals surface area contributed by atoms with Gasteiger partial charge in [0.2, 0.25) is 5.91 Å². The molecule has 2 fully saturated rings. The summed E-state index contributed by atoms with van der Waals surface area (Å²) in [5, 5.41) is 2.43. The van der Waals surface area contributed by atoms with Crippen molar-refractivity contribution in [3.8, 4) is 0 Å². The fraction of sp³-hybridized carbons (Fsp3) is 0.591. The zero-order valence-corrected chi connectivity index (χ0v) is 20.8. The molecular formula is C22H28ClN3O5S2. The number of aromatic amines is 1. The van der Waals surface area contributed by atoms with E-state index in [9.17, 15) is 18.0 Å². The lowest BCUT2D eigenvalue weighted by Crippen LogP contribution is -2.34. The Balaban J connectivity index is 1.78. The van der Waals surface area contributed by atoms with Crippen LogP contribution in [0.15, 0.2) is 22.0 Å². The molecule has 2 N–H and O–H groups in total. The van der Waals surface area contributed by atoms with Crippen molar-refractivity contribution in [2.75, 3.05) is 18.5 Å². The van der Waals surface area contributed by atoms with E-state index in [1.165, 1.54) is 12.3 Å². The first kappa shape index (κ1) is 24.4. The number of halogens is 1. The van der Waals surface area contributed by atoms with Crippen molar-refractivity contribution < 1.29 is 17.9 Å². The molecule has 0 aromatic carbocycles. The van der Waals surface area contributed by atoms with Crippen LogP contribution in [0.25, 0.3) is 0 Å². The number of pyridine rings is 1. The predicted octanol–water partition coefficient (Wildman–Crippen LogP) is 4.05. The van der Waals surface area contributed by atoms with E-state index in [2.05, 4.69) is 15.3 Å². The maximum absolute atomic E-state index is 13.7. The minimum Gasteiger partial charge on any atom is -0.381 e. The van der Waals surface area contributed by atoms with Crippen LogP contribution in [-0.2, 0) is 19.4 Å². The van der Waals surface area contributed by atoms with Crippen molar-refractivity contribution >= 4 is 43.8 Å². The Kier molecular flexibility index (Phi) is 7.57. The van der Waals surface area contributed by atoms with Crippen LogP contribution in [0, 0.1) is 12.8 Å². The van der Waals surface area contributed by atoms with Crippen molar-refractivity contribution in [1.82, 2.24) is 9.97 Å². The maximum Gasteiger partial charge on any atom is 0.253 e. The molecule has 2 aromatic rings. The molecule has 1 saturated carbocycles. The average molecular weight is 514 g/mol. The van der Waals surface area contributed by atoms with Gasteiger partial charge in [-0.1, -0.05) is 48.6 Å². The van der Waals surface area contributed by atoms with E-state index in [1.807, 2.05) is 0 Å². The Hall–Kier alpha value is -1.75. The van der Waals surface area contributed by atoms with Crippen LogP contribution in [0.2, 0.25) is 4.34 Å². The maximum atomic E-state index is 13.7. The van der Waals surface area contributed by atoms with Crippen molar-refractivity contribution in [3.63, 3.8) is 0 Å². The molecule has 8 nitrogen and oxygen atoms in total. The first-order chi connectivity index (χ1) is 15.8. The number of nitrogens with zero attached hydrogens (tertiary/aromatic N) is 1.